The number of benzene rings is 2. The summed E-state index contributed by atoms with van der Waals surface area (Å²) < 4.78 is 6.07. The van der Waals surface area contributed by atoms with E-state index in [4.69, 9.17) is 12.6 Å². The number of carbonyl (C=O) groups is 2. The van der Waals surface area contributed by atoms with Gasteiger partial charge in [0.05, 0.1) is 13.5 Å². The van der Waals surface area contributed by atoms with Crippen molar-refractivity contribution in [1.82, 2.24) is 5.32 Å². The predicted octanol–water partition coefficient (Wildman–Crippen LogP) is 5.30. The summed E-state index contributed by atoms with van der Waals surface area (Å²) in [6, 6.07) is 16.0. The molecule has 1 aliphatic carbocycles. The Morgan fingerprint density at radius 2 is 1.92 bits per heavy atom. The summed E-state index contributed by atoms with van der Waals surface area (Å²) in [5, 5.41) is 1.98. The molecule has 2 amide bonds. The van der Waals surface area contributed by atoms with Crippen LogP contribution in [-0.4, -0.2) is 51.9 Å². The zero-order chi connectivity index (χ0) is 27.3. The zero-order valence-corrected chi connectivity index (χ0v) is 23.4. The van der Waals surface area contributed by atoms with Gasteiger partial charge >= 0.3 is 0 Å². The third-order valence-electron chi connectivity index (χ3n) is 8.41. The first kappa shape index (κ1) is 28.1. The van der Waals surface area contributed by atoms with Gasteiger partial charge in [0.1, 0.15) is 18.4 Å². The highest BCUT2D eigenvalue weighted by Crippen LogP contribution is 2.44. The minimum Gasteiger partial charge on any atom is -0.489 e. The molecule has 2 radical (unpaired) electrons. The quantitative estimate of drug-likeness (QED) is 0.461. The lowest BCUT2D eigenvalue weighted by molar-refractivity contribution is -0.130. The van der Waals surface area contributed by atoms with E-state index in [1.54, 1.807) is 11.9 Å². The summed E-state index contributed by atoms with van der Waals surface area (Å²) >= 11 is 0. The van der Waals surface area contributed by atoms with Crippen LogP contribution in [-0.2, 0) is 16.0 Å². The molecule has 4 rings (SSSR count). The van der Waals surface area contributed by atoms with E-state index in [-0.39, 0.29) is 18.4 Å². The first-order valence-electron chi connectivity index (χ1n) is 14.2. The highest BCUT2D eigenvalue weighted by molar-refractivity contribution is 6.28. The van der Waals surface area contributed by atoms with E-state index in [9.17, 15) is 9.59 Å². The normalized spacial score (nSPS) is 23.4. The maximum absolute atomic E-state index is 13.5. The predicted molar refractivity (Wildman–Crippen MR) is 155 cm³/mol. The van der Waals surface area contributed by atoms with Gasteiger partial charge in [-0.3, -0.25) is 9.59 Å². The number of nitrogens with zero attached hydrogens (tertiary/aromatic N) is 2. The van der Waals surface area contributed by atoms with E-state index in [0.717, 1.165) is 50.0 Å². The summed E-state index contributed by atoms with van der Waals surface area (Å²) in [6.45, 7) is 7.51. The first-order valence-corrected chi connectivity index (χ1v) is 14.2. The Bertz CT molecular complexity index is 1110. The molecule has 202 valence electrons. The maximum Gasteiger partial charge on any atom is 0.252 e. The number of likely N-dealkylation sites (N-methyl/N-ethyl adjacent to an activating group) is 1. The van der Waals surface area contributed by atoms with Gasteiger partial charge in [-0.2, -0.15) is 0 Å². The summed E-state index contributed by atoms with van der Waals surface area (Å²) in [4.78, 5) is 31.0. The van der Waals surface area contributed by atoms with E-state index >= 15 is 0 Å². The number of amides is 2. The summed E-state index contributed by atoms with van der Waals surface area (Å²) in [6.07, 6.45) is 6.19. The van der Waals surface area contributed by atoms with Crippen molar-refractivity contribution in [2.24, 2.45) is 5.92 Å². The van der Waals surface area contributed by atoms with Gasteiger partial charge in [0.15, 0.2) is 0 Å². The molecule has 1 aliphatic heterocycles. The second kappa shape index (κ2) is 12.3. The van der Waals surface area contributed by atoms with Gasteiger partial charge in [0, 0.05) is 30.6 Å². The van der Waals surface area contributed by atoms with E-state index in [1.165, 1.54) is 5.56 Å². The molecule has 3 unspecified atom stereocenters. The summed E-state index contributed by atoms with van der Waals surface area (Å²) in [7, 11) is 8.46. The topological polar surface area (TPSA) is 61.9 Å². The van der Waals surface area contributed by atoms with Gasteiger partial charge in [-0.1, -0.05) is 57.0 Å². The molecule has 0 saturated heterocycles. The van der Waals surface area contributed by atoms with Gasteiger partial charge in [-0.25, -0.2) is 0 Å². The number of ether oxygens (including phenoxy) is 1. The molecule has 7 heteroatoms. The molecule has 0 bridgehead atoms. The van der Waals surface area contributed by atoms with Crippen molar-refractivity contribution in [3.05, 3.63) is 54.1 Å². The second-order valence-corrected chi connectivity index (χ2v) is 11.0. The molecular weight excluding hydrogens is 473 g/mol. The van der Waals surface area contributed by atoms with Crippen molar-refractivity contribution in [2.45, 2.75) is 83.1 Å². The Hall–Kier alpha value is -2.96. The lowest BCUT2D eigenvalue weighted by Gasteiger charge is -2.38. The van der Waals surface area contributed by atoms with Crippen molar-refractivity contribution in [2.75, 3.05) is 30.0 Å². The van der Waals surface area contributed by atoms with Crippen LogP contribution in [0.3, 0.4) is 0 Å². The minimum atomic E-state index is -0.986. The molecule has 1 fully saturated rings. The molecule has 2 aromatic rings. The number of hydrogen-bond acceptors (Lipinski definition) is 4. The van der Waals surface area contributed by atoms with E-state index in [2.05, 4.69) is 49.2 Å². The monoisotopic (exact) mass is 515 g/mol. The van der Waals surface area contributed by atoms with Crippen molar-refractivity contribution in [3.63, 3.8) is 0 Å². The standard InChI is InChI=1S/C31H42BN3O3/c1-5-24(6-2)35(7-3)25-15-16-28-27(19-25)34(4)29(36)26(21-38-28)33-30(37)31(32)17-11-14-23(20-31)18-22-12-9-8-10-13-22/h8-10,12-13,15-16,19,23-24,26H,5-7,11,14,17-18,20-21H2,1-4H3,(H,33,37). The van der Waals surface area contributed by atoms with Crippen LogP contribution in [0.15, 0.2) is 48.5 Å². The van der Waals surface area contributed by atoms with Gasteiger partial charge in [-0.15, -0.1) is 0 Å². The molecule has 2 aliphatic rings. The molecule has 1 heterocycles. The summed E-state index contributed by atoms with van der Waals surface area (Å²) in [5.74, 6) is 0.526. The fraction of sp³-hybridized carbons (Fsp3) is 0.548. The Morgan fingerprint density at radius 3 is 2.61 bits per heavy atom. The Balaban J connectivity index is 1.46. The van der Waals surface area contributed by atoms with Crippen LogP contribution in [0.2, 0.25) is 5.31 Å². The number of nitrogens with one attached hydrogen (secondary N) is 1. The molecule has 0 spiro atoms. The Labute approximate surface area is 229 Å². The SMILES string of the molecule is [B]C1(C(=O)NC2COc3ccc(N(CC)C(CC)CC)cc3N(C)C2=O)CCCC(Cc2ccccc2)C1. The second-order valence-electron chi connectivity index (χ2n) is 11.0. The lowest BCUT2D eigenvalue weighted by Crippen LogP contribution is -2.52. The fourth-order valence-electron chi connectivity index (χ4n) is 6.21. The molecule has 6 nitrogen and oxygen atoms in total. The smallest absolute Gasteiger partial charge is 0.252 e. The number of fused-ring (bicyclic) bond motifs is 1. The number of rotatable bonds is 9. The molecule has 3 atom stereocenters. The van der Waals surface area contributed by atoms with Crippen molar-refractivity contribution in [1.29, 1.82) is 0 Å². The third kappa shape index (κ3) is 6.03. The first-order chi connectivity index (χ1) is 18.3. The van der Waals surface area contributed by atoms with Crippen LogP contribution >= 0.6 is 0 Å². The van der Waals surface area contributed by atoms with E-state index in [1.807, 2.05) is 30.3 Å². The van der Waals surface area contributed by atoms with Crippen LogP contribution < -0.4 is 19.9 Å². The minimum absolute atomic E-state index is 0.0782. The van der Waals surface area contributed by atoms with Crippen molar-refractivity contribution < 1.29 is 14.3 Å². The van der Waals surface area contributed by atoms with Gasteiger partial charge in [0.2, 0.25) is 5.91 Å². The molecule has 0 aromatic heterocycles. The van der Waals surface area contributed by atoms with E-state index < -0.39 is 11.4 Å². The highest BCUT2D eigenvalue weighted by atomic mass is 16.5. The van der Waals surface area contributed by atoms with Crippen LogP contribution in [0.25, 0.3) is 0 Å². The summed E-state index contributed by atoms with van der Waals surface area (Å²) in [5.41, 5.74) is 3.05. The van der Waals surface area contributed by atoms with Gasteiger partial charge in [-0.05, 0) is 68.7 Å². The molecular formula is C31H42BN3O3. The Morgan fingerprint density at radius 1 is 1.18 bits per heavy atom. The van der Waals surface area contributed by atoms with Gasteiger partial charge < -0.3 is 19.9 Å². The van der Waals surface area contributed by atoms with Crippen molar-refractivity contribution >= 4 is 31.0 Å². The fourth-order valence-corrected chi connectivity index (χ4v) is 6.21. The largest absolute Gasteiger partial charge is 0.489 e. The molecule has 1 saturated carbocycles. The zero-order valence-electron chi connectivity index (χ0n) is 23.4. The number of carbonyl (C=O) groups excluding carboxylic acids is 2. The third-order valence-corrected chi connectivity index (χ3v) is 8.41. The van der Waals surface area contributed by atoms with Gasteiger partial charge in [0.25, 0.3) is 5.91 Å². The molecule has 38 heavy (non-hydrogen) atoms. The number of anilines is 2. The maximum atomic E-state index is 13.5. The average Bonchev–Trinajstić information content (AvgIpc) is 3.04. The lowest BCUT2D eigenvalue weighted by atomic mass is 9.56. The van der Waals surface area contributed by atoms with Crippen molar-refractivity contribution in [3.8, 4) is 5.75 Å². The van der Waals surface area contributed by atoms with Crippen LogP contribution in [0.5, 0.6) is 5.75 Å². The number of hydrogen-bond donors (Lipinski definition) is 1. The van der Waals surface area contributed by atoms with Crippen LogP contribution in [0.4, 0.5) is 11.4 Å². The highest BCUT2D eigenvalue weighted by Gasteiger charge is 2.40. The van der Waals surface area contributed by atoms with E-state index in [0.29, 0.717) is 30.6 Å². The molecule has 2 aromatic carbocycles. The Kier molecular flexibility index (Phi) is 9.06. The molecule has 1 N–H and O–H groups in total. The van der Waals surface area contributed by atoms with Crippen LogP contribution in [0.1, 0.15) is 64.9 Å². The average molecular weight is 516 g/mol. The van der Waals surface area contributed by atoms with Crippen LogP contribution in [0, 0.1) is 5.92 Å².